The molecule has 2 N–H and O–H groups in total. The summed E-state index contributed by atoms with van der Waals surface area (Å²) in [6, 6.07) is 13.6. The molecule has 2 heterocycles. The molecule has 4 aromatic rings. The zero-order valence-corrected chi connectivity index (χ0v) is 21.7. The van der Waals surface area contributed by atoms with Crippen molar-refractivity contribution in [1.82, 2.24) is 14.3 Å². The fraction of sp³-hybridized carbons (Fsp3) is 0.214. The van der Waals surface area contributed by atoms with Crippen molar-refractivity contribution in [3.8, 4) is 23.3 Å². The lowest BCUT2D eigenvalue weighted by atomic mass is 10.1. The van der Waals surface area contributed by atoms with Crippen molar-refractivity contribution in [3.05, 3.63) is 84.3 Å². The highest BCUT2D eigenvalue weighted by molar-refractivity contribution is 7.89. The summed E-state index contributed by atoms with van der Waals surface area (Å²) < 4.78 is 41.2. The number of carbonyl (C=O) groups is 1. The molecule has 4 rings (SSSR count). The topological polar surface area (TPSA) is 120 Å². The lowest BCUT2D eigenvalue weighted by Gasteiger charge is -2.15. The van der Waals surface area contributed by atoms with Crippen molar-refractivity contribution in [2.24, 2.45) is 0 Å². The third-order valence-corrected chi connectivity index (χ3v) is 7.38. The van der Waals surface area contributed by atoms with E-state index in [1.807, 2.05) is 41.1 Å². The molecule has 1 unspecified atom stereocenters. The fourth-order valence-corrected chi connectivity index (χ4v) is 5.21. The number of carboxylic acid groups (broad SMARTS) is 1. The van der Waals surface area contributed by atoms with Crippen LogP contribution in [0.2, 0.25) is 0 Å². The third-order valence-electron chi connectivity index (χ3n) is 5.89. The Bertz CT molecular complexity index is 1590. The molecule has 196 valence electrons. The molecule has 0 aliphatic heterocycles. The van der Waals surface area contributed by atoms with Gasteiger partial charge in [-0.05, 0) is 66.6 Å². The third kappa shape index (κ3) is 6.32. The summed E-state index contributed by atoms with van der Waals surface area (Å²) in [6.07, 6.45) is 5.22. The number of methoxy groups -OCH3 is 1. The summed E-state index contributed by atoms with van der Waals surface area (Å²) in [6.45, 7) is 2.39. The van der Waals surface area contributed by atoms with E-state index in [4.69, 9.17) is 9.47 Å². The summed E-state index contributed by atoms with van der Waals surface area (Å²) in [4.78, 5) is 16.3. The van der Waals surface area contributed by atoms with Crippen molar-refractivity contribution in [2.45, 2.75) is 30.8 Å². The van der Waals surface area contributed by atoms with E-state index in [1.165, 1.54) is 24.3 Å². The number of pyridine rings is 1. The van der Waals surface area contributed by atoms with Crippen LogP contribution >= 0.6 is 0 Å². The van der Waals surface area contributed by atoms with E-state index < -0.39 is 22.0 Å². The molecule has 38 heavy (non-hydrogen) atoms. The van der Waals surface area contributed by atoms with Crippen molar-refractivity contribution < 1.29 is 27.8 Å². The molecule has 0 aliphatic rings. The predicted molar refractivity (Wildman–Crippen MR) is 143 cm³/mol. The van der Waals surface area contributed by atoms with E-state index in [2.05, 4.69) is 21.5 Å². The van der Waals surface area contributed by atoms with Gasteiger partial charge in [-0.2, -0.15) is 4.72 Å². The van der Waals surface area contributed by atoms with E-state index >= 15 is 0 Å². The molecule has 1 atom stereocenters. The minimum Gasteiger partial charge on any atom is -0.497 e. The number of hydrogen-bond donors (Lipinski definition) is 2. The minimum absolute atomic E-state index is 0.0710. The van der Waals surface area contributed by atoms with Crippen LogP contribution in [0.25, 0.3) is 10.9 Å². The van der Waals surface area contributed by atoms with Gasteiger partial charge in [0.1, 0.15) is 24.1 Å². The van der Waals surface area contributed by atoms with Gasteiger partial charge in [0.2, 0.25) is 10.0 Å². The first kappa shape index (κ1) is 26.7. The lowest BCUT2D eigenvalue weighted by molar-refractivity contribution is -0.138. The zero-order valence-electron chi connectivity index (χ0n) is 20.9. The number of fused-ring (bicyclic) bond motifs is 1. The van der Waals surface area contributed by atoms with Crippen LogP contribution in [0.4, 0.5) is 0 Å². The highest BCUT2D eigenvalue weighted by Crippen LogP contribution is 2.28. The standard InChI is InChI=1S/C28H27N3O6S/c1-3-4-14-37-22-7-10-24(11-8-22)38(34,35)30-26(28(32)33)15-21-19-31(18-20-6-5-13-29-17-20)27-12-9-23(36-2)16-25(21)27/h5-13,16-17,19,26,30H,14-15,18H2,1-2H3,(H,32,33). The van der Waals surface area contributed by atoms with Crippen molar-refractivity contribution in [1.29, 1.82) is 0 Å². The van der Waals surface area contributed by atoms with Crippen molar-refractivity contribution >= 4 is 26.9 Å². The molecule has 2 aromatic carbocycles. The first-order valence-electron chi connectivity index (χ1n) is 11.7. The molecule has 0 amide bonds. The first-order chi connectivity index (χ1) is 18.3. The molecule has 2 aromatic heterocycles. The molecule has 0 radical (unpaired) electrons. The van der Waals surface area contributed by atoms with Crippen molar-refractivity contribution in [2.75, 3.05) is 13.7 Å². The number of hydrogen-bond acceptors (Lipinski definition) is 6. The Morgan fingerprint density at radius 2 is 1.92 bits per heavy atom. The van der Waals surface area contributed by atoms with E-state index in [-0.39, 0.29) is 17.9 Å². The Morgan fingerprint density at radius 1 is 1.16 bits per heavy atom. The molecule has 0 saturated heterocycles. The zero-order chi connectivity index (χ0) is 27.1. The molecule has 0 bridgehead atoms. The van der Waals surface area contributed by atoms with Crippen LogP contribution in [0.15, 0.2) is 78.1 Å². The average Bonchev–Trinajstić information content (AvgIpc) is 3.25. The van der Waals surface area contributed by atoms with Gasteiger partial charge in [-0.25, -0.2) is 8.42 Å². The number of carboxylic acids is 1. The molecule has 0 aliphatic carbocycles. The van der Waals surface area contributed by atoms with Gasteiger partial charge in [0, 0.05) is 42.5 Å². The Balaban J connectivity index is 1.61. The number of ether oxygens (including phenoxy) is 2. The second-order valence-electron chi connectivity index (χ2n) is 8.43. The van der Waals surface area contributed by atoms with Crippen LogP contribution in [0.1, 0.15) is 18.1 Å². The summed E-state index contributed by atoms with van der Waals surface area (Å²) in [7, 11) is -2.58. The SMILES string of the molecule is CC#CCOc1ccc(S(=O)(=O)NC(Cc2cn(Cc3cccnc3)c3ccc(OC)cc23)C(=O)O)cc1. The Morgan fingerprint density at radius 3 is 2.58 bits per heavy atom. The number of rotatable bonds is 11. The summed E-state index contributed by atoms with van der Waals surface area (Å²) in [5.74, 6) is 5.24. The monoisotopic (exact) mass is 533 g/mol. The maximum Gasteiger partial charge on any atom is 0.322 e. The number of aromatic nitrogens is 2. The van der Waals surface area contributed by atoms with Gasteiger partial charge in [-0.1, -0.05) is 12.0 Å². The summed E-state index contributed by atoms with van der Waals surface area (Å²) >= 11 is 0. The van der Waals surface area contributed by atoms with Crippen molar-refractivity contribution in [3.63, 3.8) is 0 Å². The molecular formula is C28H27N3O6S. The first-order valence-corrected chi connectivity index (χ1v) is 13.2. The quantitative estimate of drug-likeness (QED) is 0.283. The van der Waals surface area contributed by atoms with Gasteiger partial charge in [-0.3, -0.25) is 9.78 Å². The second kappa shape index (κ2) is 11.8. The normalized spacial score (nSPS) is 11.9. The Kier molecular flexibility index (Phi) is 8.31. The van der Waals surface area contributed by atoms with Gasteiger partial charge in [0.05, 0.1) is 12.0 Å². The second-order valence-corrected chi connectivity index (χ2v) is 10.1. The van der Waals surface area contributed by atoms with Crippen LogP contribution in [0, 0.1) is 11.8 Å². The van der Waals surface area contributed by atoms with Crippen LogP contribution < -0.4 is 14.2 Å². The van der Waals surface area contributed by atoms with Gasteiger partial charge in [0.25, 0.3) is 0 Å². The minimum atomic E-state index is -4.13. The molecule has 9 nitrogen and oxygen atoms in total. The largest absolute Gasteiger partial charge is 0.497 e. The Hall–Kier alpha value is -4.33. The Labute approximate surface area is 221 Å². The molecule has 10 heteroatoms. The number of sulfonamides is 1. The van der Waals surface area contributed by atoms with Gasteiger partial charge < -0.3 is 19.1 Å². The van der Waals surface area contributed by atoms with E-state index in [0.29, 0.717) is 23.6 Å². The maximum absolute atomic E-state index is 13.0. The number of nitrogens with one attached hydrogen (secondary N) is 1. The summed E-state index contributed by atoms with van der Waals surface area (Å²) in [5, 5.41) is 10.7. The highest BCUT2D eigenvalue weighted by Gasteiger charge is 2.27. The van der Waals surface area contributed by atoms with Gasteiger partial charge in [0.15, 0.2) is 0 Å². The summed E-state index contributed by atoms with van der Waals surface area (Å²) in [5.41, 5.74) is 2.50. The lowest BCUT2D eigenvalue weighted by Crippen LogP contribution is -2.42. The molecule has 0 fully saturated rings. The average molecular weight is 534 g/mol. The number of benzene rings is 2. The van der Waals surface area contributed by atoms with Crippen LogP contribution in [0.3, 0.4) is 0 Å². The molecule has 0 saturated carbocycles. The predicted octanol–water partition coefficient (Wildman–Crippen LogP) is 3.47. The molecule has 0 spiro atoms. The molecular weight excluding hydrogens is 506 g/mol. The van der Waals surface area contributed by atoms with Gasteiger partial charge in [-0.15, -0.1) is 5.92 Å². The van der Waals surface area contributed by atoms with Crippen LogP contribution in [-0.2, 0) is 27.8 Å². The van der Waals surface area contributed by atoms with E-state index in [1.54, 1.807) is 26.4 Å². The maximum atomic E-state index is 13.0. The number of aliphatic carboxylic acids is 1. The van der Waals surface area contributed by atoms with E-state index in [9.17, 15) is 18.3 Å². The van der Waals surface area contributed by atoms with Crippen LogP contribution in [-0.4, -0.2) is 48.8 Å². The fourth-order valence-electron chi connectivity index (χ4n) is 4.02. The van der Waals surface area contributed by atoms with Gasteiger partial charge >= 0.3 is 5.97 Å². The van der Waals surface area contributed by atoms with E-state index in [0.717, 1.165) is 16.5 Å². The van der Waals surface area contributed by atoms with Crippen LogP contribution in [0.5, 0.6) is 11.5 Å². The number of nitrogens with zero attached hydrogens (tertiary/aromatic N) is 2. The smallest absolute Gasteiger partial charge is 0.322 e. The highest BCUT2D eigenvalue weighted by atomic mass is 32.2.